The van der Waals surface area contributed by atoms with Gasteiger partial charge < -0.3 is 10.6 Å². The normalized spacial score (nSPS) is 27.0. The van der Waals surface area contributed by atoms with Gasteiger partial charge in [-0.2, -0.15) is 0 Å². The van der Waals surface area contributed by atoms with Crippen molar-refractivity contribution in [3.05, 3.63) is 20.8 Å². The predicted octanol–water partition coefficient (Wildman–Crippen LogP) is 2.35. The summed E-state index contributed by atoms with van der Waals surface area (Å²) in [6.45, 7) is 5.49. The Morgan fingerprint density at radius 1 is 1.64 bits per heavy atom. The molecule has 1 unspecified atom stereocenters. The Morgan fingerprint density at radius 2 is 2.50 bits per heavy atom. The summed E-state index contributed by atoms with van der Waals surface area (Å²) >= 11 is 5.28. The minimum atomic E-state index is 0.288. The lowest BCUT2D eigenvalue weighted by atomic mass is 10.0. The Labute approximate surface area is 97.2 Å². The highest BCUT2D eigenvalue weighted by Crippen LogP contribution is 2.23. The standard InChI is InChI=1S/C10H15BrN2S/c1-10(4-5-12-7-10)13-6-8-2-3-9(11)14-8/h2-3,12-13H,4-7H2,1H3. The zero-order chi connectivity index (χ0) is 10.0. The molecule has 14 heavy (non-hydrogen) atoms. The Bertz CT molecular complexity index is 305. The fourth-order valence-electron chi connectivity index (χ4n) is 1.72. The van der Waals surface area contributed by atoms with Gasteiger partial charge in [0.25, 0.3) is 0 Å². The van der Waals surface area contributed by atoms with Crippen molar-refractivity contribution in [2.24, 2.45) is 0 Å². The summed E-state index contributed by atoms with van der Waals surface area (Å²) in [4.78, 5) is 1.39. The number of hydrogen-bond acceptors (Lipinski definition) is 3. The Morgan fingerprint density at radius 3 is 3.07 bits per heavy atom. The van der Waals surface area contributed by atoms with Gasteiger partial charge in [-0.25, -0.2) is 0 Å². The molecule has 0 aromatic carbocycles. The highest BCUT2D eigenvalue weighted by Gasteiger charge is 2.27. The van der Waals surface area contributed by atoms with Crippen molar-refractivity contribution < 1.29 is 0 Å². The van der Waals surface area contributed by atoms with Gasteiger partial charge >= 0.3 is 0 Å². The molecule has 0 amide bonds. The van der Waals surface area contributed by atoms with Crippen molar-refractivity contribution in [3.8, 4) is 0 Å². The maximum atomic E-state index is 3.61. The molecule has 1 aromatic rings. The second kappa shape index (κ2) is 4.31. The highest BCUT2D eigenvalue weighted by molar-refractivity contribution is 9.11. The summed E-state index contributed by atoms with van der Waals surface area (Å²) in [5, 5.41) is 7.00. The molecule has 0 bridgehead atoms. The van der Waals surface area contributed by atoms with Crippen LogP contribution in [0.2, 0.25) is 0 Å². The first-order chi connectivity index (χ1) is 6.68. The molecule has 0 radical (unpaired) electrons. The predicted molar refractivity (Wildman–Crippen MR) is 64.8 cm³/mol. The van der Waals surface area contributed by atoms with E-state index >= 15 is 0 Å². The van der Waals surface area contributed by atoms with Gasteiger partial charge in [0.2, 0.25) is 0 Å². The second-order valence-electron chi connectivity index (χ2n) is 4.05. The Kier molecular flexibility index (Phi) is 3.27. The largest absolute Gasteiger partial charge is 0.315 e. The molecule has 2 N–H and O–H groups in total. The minimum absolute atomic E-state index is 0.288. The summed E-state index contributed by atoms with van der Waals surface area (Å²) < 4.78 is 1.21. The van der Waals surface area contributed by atoms with Gasteiger partial charge in [-0.3, -0.25) is 0 Å². The van der Waals surface area contributed by atoms with Gasteiger partial charge in [0, 0.05) is 23.5 Å². The molecule has 0 aliphatic carbocycles. The summed E-state index contributed by atoms with van der Waals surface area (Å²) in [6, 6.07) is 4.28. The van der Waals surface area contributed by atoms with Crippen LogP contribution in [0.3, 0.4) is 0 Å². The van der Waals surface area contributed by atoms with E-state index in [0.29, 0.717) is 0 Å². The Balaban J connectivity index is 1.87. The molecule has 0 saturated carbocycles. The first-order valence-corrected chi connectivity index (χ1v) is 6.49. The monoisotopic (exact) mass is 274 g/mol. The van der Waals surface area contributed by atoms with Crippen LogP contribution in [0.25, 0.3) is 0 Å². The van der Waals surface area contributed by atoms with Crippen LogP contribution in [0, 0.1) is 0 Å². The zero-order valence-electron chi connectivity index (χ0n) is 8.27. The molecule has 4 heteroatoms. The summed E-state index contributed by atoms with van der Waals surface area (Å²) in [6.07, 6.45) is 1.22. The third kappa shape index (κ3) is 2.57. The molecule has 1 aromatic heterocycles. The van der Waals surface area contributed by atoms with Crippen LogP contribution in [-0.2, 0) is 6.54 Å². The van der Waals surface area contributed by atoms with Crippen molar-refractivity contribution in [3.63, 3.8) is 0 Å². The molecule has 0 spiro atoms. The van der Waals surface area contributed by atoms with Crippen molar-refractivity contribution in [2.45, 2.75) is 25.4 Å². The fourth-order valence-corrected chi connectivity index (χ4v) is 3.14. The molecule has 2 heterocycles. The third-order valence-corrected chi connectivity index (χ3v) is 4.31. The quantitative estimate of drug-likeness (QED) is 0.885. The number of rotatable bonds is 3. The van der Waals surface area contributed by atoms with Crippen LogP contribution < -0.4 is 10.6 Å². The third-order valence-electron chi connectivity index (χ3n) is 2.69. The van der Waals surface area contributed by atoms with Crippen LogP contribution in [0.4, 0.5) is 0 Å². The van der Waals surface area contributed by atoms with E-state index in [1.54, 1.807) is 11.3 Å². The minimum Gasteiger partial charge on any atom is -0.315 e. The maximum absolute atomic E-state index is 3.61. The SMILES string of the molecule is CC1(NCc2ccc(Br)s2)CCNC1. The van der Waals surface area contributed by atoms with Crippen molar-refractivity contribution in [1.82, 2.24) is 10.6 Å². The maximum Gasteiger partial charge on any atom is 0.0701 e. The molecular formula is C10H15BrN2S. The number of thiophene rings is 1. The van der Waals surface area contributed by atoms with Gasteiger partial charge in [0.05, 0.1) is 3.79 Å². The topological polar surface area (TPSA) is 24.1 Å². The first kappa shape index (κ1) is 10.6. The number of halogens is 1. The summed E-state index contributed by atoms with van der Waals surface area (Å²) in [5.74, 6) is 0. The van der Waals surface area contributed by atoms with E-state index in [9.17, 15) is 0 Å². The molecular weight excluding hydrogens is 260 g/mol. The molecule has 1 atom stereocenters. The lowest BCUT2D eigenvalue weighted by Gasteiger charge is -2.24. The highest BCUT2D eigenvalue weighted by atomic mass is 79.9. The molecule has 1 fully saturated rings. The van der Waals surface area contributed by atoms with Gasteiger partial charge in [0.1, 0.15) is 0 Å². The van der Waals surface area contributed by atoms with Gasteiger partial charge in [-0.05, 0) is 48.0 Å². The summed E-state index contributed by atoms with van der Waals surface area (Å²) in [5.41, 5.74) is 0.288. The number of nitrogens with one attached hydrogen (secondary N) is 2. The van der Waals surface area contributed by atoms with Gasteiger partial charge in [-0.1, -0.05) is 0 Å². The van der Waals surface area contributed by atoms with Crippen molar-refractivity contribution >= 4 is 27.3 Å². The van der Waals surface area contributed by atoms with Crippen LogP contribution in [0.5, 0.6) is 0 Å². The average Bonchev–Trinajstić information content (AvgIpc) is 2.73. The van der Waals surface area contributed by atoms with E-state index in [2.05, 4.69) is 45.6 Å². The molecule has 78 valence electrons. The number of hydrogen-bond donors (Lipinski definition) is 2. The van der Waals surface area contributed by atoms with Crippen LogP contribution in [0.15, 0.2) is 15.9 Å². The van der Waals surface area contributed by atoms with E-state index < -0.39 is 0 Å². The lowest BCUT2D eigenvalue weighted by Crippen LogP contribution is -2.43. The molecule has 2 nitrogen and oxygen atoms in total. The molecule has 1 aliphatic heterocycles. The van der Waals surface area contributed by atoms with Crippen LogP contribution >= 0.6 is 27.3 Å². The van der Waals surface area contributed by atoms with E-state index in [1.807, 2.05) is 0 Å². The lowest BCUT2D eigenvalue weighted by molar-refractivity contribution is 0.387. The van der Waals surface area contributed by atoms with E-state index in [0.717, 1.165) is 19.6 Å². The second-order valence-corrected chi connectivity index (χ2v) is 6.59. The molecule has 2 rings (SSSR count). The summed E-state index contributed by atoms with van der Waals surface area (Å²) in [7, 11) is 0. The smallest absolute Gasteiger partial charge is 0.0701 e. The Hall–Kier alpha value is 0.1000. The average molecular weight is 275 g/mol. The van der Waals surface area contributed by atoms with Crippen molar-refractivity contribution in [1.29, 1.82) is 0 Å². The van der Waals surface area contributed by atoms with Gasteiger partial charge in [0.15, 0.2) is 0 Å². The van der Waals surface area contributed by atoms with E-state index in [-0.39, 0.29) is 5.54 Å². The van der Waals surface area contributed by atoms with Crippen molar-refractivity contribution in [2.75, 3.05) is 13.1 Å². The van der Waals surface area contributed by atoms with Crippen LogP contribution in [0.1, 0.15) is 18.2 Å². The molecule has 1 saturated heterocycles. The van der Waals surface area contributed by atoms with Gasteiger partial charge in [-0.15, -0.1) is 11.3 Å². The fraction of sp³-hybridized carbons (Fsp3) is 0.600. The first-order valence-electron chi connectivity index (χ1n) is 4.88. The van der Waals surface area contributed by atoms with E-state index in [4.69, 9.17) is 0 Å². The zero-order valence-corrected chi connectivity index (χ0v) is 10.7. The van der Waals surface area contributed by atoms with Crippen LogP contribution in [-0.4, -0.2) is 18.6 Å². The molecule has 1 aliphatic rings. The van der Waals surface area contributed by atoms with E-state index in [1.165, 1.54) is 15.1 Å².